The molecule has 2 heterocycles. The molecule has 0 aliphatic carbocycles. The predicted octanol–water partition coefficient (Wildman–Crippen LogP) is 3.32. The Labute approximate surface area is 104 Å². The predicted molar refractivity (Wildman–Crippen MR) is 65.9 cm³/mol. The van der Waals surface area contributed by atoms with Gasteiger partial charge in [0.05, 0.1) is 6.10 Å². The molecule has 0 radical (unpaired) electrons. The second kappa shape index (κ2) is 4.38. The van der Waals surface area contributed by atoms with E-state index in [1.165, 1.54) is 12.0 Å². The summed E-state index contributed by atoms with van der Waals surface area (Å²) in [6, 6.07) is 6.29. The minimum Gasteiger partial charge on any atom is -0.487 e. The molecule has 1 saturated heterocycles. The molecule has 16 heavy (non-hydrogen) atoms. The highest BCUT2D eigenvalue weighted by molar-refractivity contribution is 9.10. The van der Waals surface area contributed by atoms with Crippen LogP contribution in [0.3, 0.4) is 0 Å². The summed E-state index contributed by atoms with van der Waals surface area (Å²) in [6.45, 7) is 0.899. The van der Waals surface area contributed by atoms with E-state index in [1.807, 2.05) is 0 Å². The van der Waals surface area contributed by atoms with E-state index >= 15 is 0 Å². The first-order valence-electron chi connectivity index (χ1n) is 5.89. The summed E-state index contributed by atoms with van der Waals surface area (Å²) in [4.78, 5) is 0. The number of hydrogen-bond donors (Lipinski definition) is 0. The lowest BCUT2D eigenvalue weighted by atomic mass is 9.98. The standard InChI is InChI=1S/C13H15BrO2/c14-10-5-3-9-4-6-12(16-13(9)8-10)11-2-1-7-15-11/h3,5,8,11-12H,1-2,4,6-7H2. The molecule has 0 saturated carbocycles. The third kappa shape index (κ3) is 1.98. The highest BCUT2D eigenvalue weighted by Crippen LogP contribution is 2.33. The summed E-state index contributed by atoms with van der Waals surface area (Å²) in [5.41, 5.74) is 1.32. The van der Waals surface area contributed by atoms with Crippen molar-refractivity contribution in [1.29, 1.82) is 0 Å². The molecule has 3 rings (SSSR count). The lowest BCUT2D eigenvalue weighted by Crippen LogP contribution is -2.34. The van der Waals surface area contributed by atoms with Gasteiger partial charge in [-0.15, -0.1) is 0 Å². The molecular formula is C13H15BrO2. The van der Waals surface area contributed by atoms with Gasteiger partial charge in [-0.2, -0.15) is 0 Å². The van der Waals surface area contributed by atoms with Gasteiger partial charge in [0.1, 0.15) is 11.9 Å². The summed E-state index contributed by atoms with van der Waals surface area (Å²) in [7, 11) is 0. The van der Waals surface area contributed by atoms with Gasteiger partial charge < -0.3 is 9.47 Å². The van der Waals surface area contributed by atoms with Crippen LogP contribution in [0.5, 0.6) is 5.75 Å². The lowest BCUT2D eigenvalue weighted by molar-refractivity contribution is 0.00278. The third-order valence-corrected chi connectivity index (χ3v) is 3.88. The van der Waals surface area contributed by atoms with Gasteiger partial charge in [-0.25, -0.2) is 0 Å². The van der Waals surface area contributed by atoms with Crippen molar-refractivity contribution in [3.05, 3.63) is 28.2 Å². The van der Waals surface area contributed by atoms with Crippen molar-refractivity contribution in [2.45, 2.75) is 37.9 Å². The molecule has 2 aliphatic heterocycles. The summed E-state index contributed by atoms with van der Waals surface area (Å²) in [6.07, 6.45) is 5.08. The molecule has 3 heteroatoms. The Hall–Kier alpha value is -0.540. The molecule has 1 aromatic rings. The van der Waals surface area contributed by atoms with Crippen molar-refractivity contribution in [3.63, 3.8) is 0 Å². The molecule has 0 amide bonds. The fraction of sp³-hybridized carbons (Fsp3) is 0.538. The van der Waals surface area contributed by atoms with Crippen molar-refractivity contribution in [1.82, 2.24) is 0 Å². The Balaban J connectivity index is 1.79. The van der Waals surface area contributed by atoms with E-state index in [1.54, 1.807) is 0 Å². The molecule has 2 unspecified atom stereocenters. The number of aryl methyl sites for hydroxylation is 1. The van der Waals surface area contributed by atoms with Crippen LogP contribution in [0, 0.1) is 0 Å². The van der Waals surface area contributed by atoms with E-state index in [2.05, 4.69) is 34.1 Å². The molecule has 0 N–H and O–H groups in total. The van der Waals surface area contributed by atoms with Gasteiger partial charge in [0.15, 0.2) is 0 Å². The van der Waals surface area contributed by atoms with E-state index in [4.69, 9.17) is 9.47 Å². The Morgan fingerprint density at radius 2 is 2.12 bits per heavy atom. The minimum absolute atomic E-state index is 0.254. The Bertz CT molecular complexity index is 386. The average molecular weight is 283 g/mol. The summed E-state index contributed by atoms with van der Waals surface area (Å²) < 4.78 is 12.8. The monoisotopic (exact) mass is 282 g/mol. The topological polar surface area (TPSA) is 18.5 Å². The van der Waals surface area contributed by atoms with Crippen molar-refractivity contribution >= 4 is 15.9 Å². The zero-order valence-corrected chi connectivity index (χ0v) is 10.7. The van der Waals surface area contributed by atoms with Gasteiger partial charge in [-0.3, -0.25) is 0 Å². The van der Waals surface area contributed by atoms with Crippen molar-refractivity contribution in [2.24, 2.45) is 0 Å². The summed E-state index contributed by atoms with van der Waals surface area (Å²) >= 11 is 3.48. The zero-order chi connectivity index (χ0) is 11.0. The molecule has 0 spiro atoms. The smallest absolute Gasteiger partial charge is 0.125 e. The van der Waals surface area contributed by atoms with E-state index in [-0.39, 0.29) is 6.10 Å². The van der Waals surface area contributed by atoms with Gasteiger partial charge >= 0.3 is 0 Å². The second-order valence-corrected chi connectivity index (χ2v) is 5.41. The molecule has 86 valence electrons. The number of fused-ring (bicyclic) bond motifs is 1. The average Bonchev–Trinajstić information content (AvgIpc) is 2.81. The lowest BCUT2D eigenvalue weighted by Gasteiger charge is -2.29. The highest BCUT2D eigenvalue weighted by atomic mass is 79.9. The molecule has 1 aromatic carbocycles. The molecule has 1 fully saturated rings. The number of halogens is 1. The summed E-state index contributed by atoms with van der Waals surface area (Å²) in [5, 5.41) is 0. The maximum absolute atomic E-state index is 6.04. The Kier molecular flexibility index (Phi) is 2.90. The minimum atomic E-state index is 0.254. The zero-order valence-electron chi connectivity index (χ0n) is 9.12. The number of rotatable bonds is 1. The third-order valence-electron chi connectivity index (χ3n) is 3.39. The molecule has 2 atom stereocenters. The normalized spacial score (nSPS) is 28.6. The molecule has 2 nitrogen and oxygen atoms in total. The van der Waals surface area contributed by atoms with Crippen LogP contribution in [-0.4, -0.2) is 18.8 Å². The maximum atomic E-state index is 6.04. The fourth-order valence-corrected chi connectivity index (χ4v) is 2.86. The fourth-order valence-electron chi connectivity index (χ4n) is 2.52. The van der Waals surface area contributed by atoms with E-state index in [9.17, 15) is 0 Å². The van der Waals surface area contributed by atoms with E-state index < -0.39 is 0 Å². The Morgan fingerprint density at radius 1 is 1.19 bits per heavy atom. The molecule has 0 bridgehead atoms. The van der Waals surface area contributed by atoms with E-state index in [0.717, 1.165) is 36.1 Å². The molecular weight excluding hydrogens is 268 g/mol. The number of ether oxygens (including phenoxy) is 2. The maximum Gasteiger partial charge on any atom is 0.125 e. The van der Waals surface area contributed by atoms with Crippen LogP contribution in [0.4, 0.5) is 0 Å². The Morgan fingerprint density at radius 3 is 2.94 bits per heavy atom. The van der Waals surface area contributed by atoms with Crippen LogP contribution in [0.25, 0.3) is 0 Å². The van der Waals surface area contributed by atoms with Crippen molar-refractivity contribution < 1.29 is 9.47 Å². The quantitative estimate of drug-likeness (QED) is 0.787. The van der Waals surface area contributed by atoms with Crippen LogP contribution in [0.2, 0.25) is 0 Å². The SMILES string of the molecule is Brc1ccc2c(c1)OC(C1CCCO1)CC2. The van der Waals surface area contributed by atoms with Crippen LogP contribution in [-0.2, 0) is 11.2 Å². The van der Waals surface area contributed by atoms with Gasteiger partial charge in [0.2, 0.25) is 0 Å². The molecule has 2 aliphatic rings. The van der Waals surface area contributed by atoms with Gasteiger partial charge in [0.25, 0.3) is 0 Å². The first-order chi connectivity index (χ1) is 7.83. The number of hydrogen-bond acceptors (Lipinski definition) is 2. The molecule has 0 aromatic heterocycles. The number of benzene rings is 1. The summed E-state index contributed by atoms with van der Waals surface area (Å²) in [5.74, 6) is 1.03. The van der Waals surface area contributed by atoms with E-state index in [0.29, 0.717) is 6.10 Å². The van der Waals surface area contributed by atoms with Gasteiger partial charge in [0, 0.05) is 11.1 Å². The van der Waals surface area contributed by atoms with Crippen LogP contribution >= 0.6 is 15.9 Å². The first-order valence-corrected chi connectivity index (χ1v) is 6.69. The second-order valence-electron chi connectivity index (χ2n) is 4.50. The highest BCUT2D eigenvalue weighted by Gasteiger charge is 2.30. The van der Waals surface area contributed by atoms with Crippen LogP contribution in [0.1, 0.15) is 24.8 Å². The van der Waals surface area contributed by atoms with Crippen molar-refractivity contribution in [3.8, 4) is 5.75 Å². The van der Waals surface area contributed by atoms with Crippen LogP contribution in [0.15, 0.2) is 22.7 Å². The van der Waals surface area contributed by atoms with Gasteiger partial charge in [-0.05, 0) is 43.4 Å². The van der Waals surface area contributed by atoms with Gasteiger partial charge in [-0.1, -0.05) is 22.0 Å². The van der Waals surface area contributed by atoms with Crippen LogP contribution < -0.4 is 4.74 Å². The first kappa shape index (κ1) is 10.6. The van der Waals surface area contributed by atoms with Crippen molar-refractivity contribution in [2.75, 3.05) is 6.61 Å². The largest absolute Gasteiger partial charge is 0.487 e.